The molecule has 0 unspecified atom stereocenters. The summed E-state index contributed by atoms with van der Waals surface area (Å²) in [5, 5.41) is 3.39. The van der Waals surface area contributed by atoms with Crippen LogP contribution in [0.5, 0.6) is 0 Å². The summed E-state index contributed by atoms with van der Waals surface area (Å²) in [4.78, 5) is 19.2. The third-order valence-electron chi connectivity index (χ3n) is 2.69. The van der Waals surface area contributed by atoms with E-state index >= 15 is 0 Å². The van der Waals surface area contributed by atoms with Gasteiger partial charge in [0.1, 0.15) is 0 Å². The number of hydrogen-bond acceptors (Lipinski definition) is 5. The molecule has 1 aliphatic heterocycles. The molecular formula is C10H18Cl2N4OS. The van der Waals surface area contributed by atoms with Crippen LogP contribution in [-0.2, 0) is 17.8 Å². The van der Waals surface area contributed by atoms with Crippen molar-refractivity contribution in [2.75, 3.05) is 25.0 Å². The number of amides is 1. The van der Waals surface area contributed by atoms with Crippen molar-refractivity contribution in [2.24, 2.45) is 5.73 Å². The summed E-state index contributed by atoms with van der Waals surface area (Å²) in [5.74, 6) is -0.182. The number of thiazole rings is 1. The van der Waals surface area contributed by atoms with Gasteiger partial charge in [0.05, 0.1) is 12.2 Å². The van der Waals surface area contributed by atoms with Crippen molar-refractivity contribution in [2.45, 2.75) is 19.9 Å². The number of halogens is 2. The van der Waals surface area contributed by atoms with Crippen LogP contribution in [0.4, 0.5) is 5.13 Å². The van der Waals surface area contributed by atoms with Crippen LogP contribution in [-0.4, -0.2) is 35.4 Å². The molecular weight excluding hydrogens is 295 g/mol. The number of nitrogens with two attached hydrogens (primary N) is 1. The monoisotopic (exact) mass is 312 g/mol. The fourth-order valence-corrected chi connectivity index (χ4v) is 2.81. The number of carbonyl (C=O) groups is 1. The summed E-state index contributed by atoms with van der Waals surface area (Å²) >= 11 is 1.56. The molecule has 18 heavy (non-hydrogen) atoms. The largest absolute Gasteiger partial charge is 0.322 e. The maximum Gasteiger partial charge on any atom is 0.239 e. The van der Waals surface area contributed by atoms with Crippen LogP contribution in [0.1, 0.15) is 17.5 Å². The first kappa shape index (κ1) is 17.6. The number of carbonyl (C=O) groups excluding carboxylic acids is 1. The lowest BCUT2D eigenvalue weighted by Crippen LogP contribution is -2.29. The van der Waals surface area contributed by atoms with Crippen molar-refractivity contribution in [3.8, 4) is 0 Å². The summed E-state index contributed by atoms with van der Waals surface area (Å²) in [6, 6.07) is 0. The maximum absolute atomic E-state index is 11.1. The lowest BCUT2D eigenvalue weighted by Gasteiger charge is -2.23. The zero-order valence-corrected chi connectivity index (χ0v) is 12.6. The van der Waals surface area contributed by atoms with Crippen LogP contribution in [0.2, 0.25) is 0 Å². The van der Waals surface area contributed by atoms with E-state index < -0.39 is 0 Å². The van der Waals surface area contributed by atoms with Crippen molar-refractivity contribution in [3.05, 3.63) is 10.6 Å². The molecule has 1 aromatic rings. The van der Waals surface area contributed by atoms with Gasteiger partial charge in [-0.2, -0.15) is 0 Å². The molecule has 8 heteroatoms. The third-order valence-corrected chi connectivity index (χ3v) is 3.69. The molecule has 2 heterocycles. The summed E-state index contributed by atoms with van der Waals surface area (Å²) in [7, 11) is 0. The molecule has 3 N–H and O–H groups in total. The van der Waals surface area contributed by atoms with Gasteiger partial charge in [-0.1, -0.05) is 6.92 Å². The second-order valence-electron chi connectivity index (χ2n) is 3.76. The number of hydrogen-bond donors (Lipinski definition) is 2. The minimum absolute atomic E-state index is 0. The second-order valence-corrected chi connectivity index (χ2v) is 4.84. The van der Waals surface area contributed by atoms with E-state index in [2.05, 4.69) is 22.1 Å². The summed E-state index contributed by atoms with van der Waals surface area (Å²) in [6.45, 7) is 5.22. The Morgan fingerprint density at radius 1 is 1.56 bits per heavy atom. The van der Waals surface area contributed by atoms with Crippen LogP contribution in [0.15, 0.2) is 0 Å². The molecule has 0 fully saturated rings. The molecule has 0 aromatic carbocycles. The predicted molar refractivity (Wildman–Crippen MR) is 78.9 cm³/mol. The number of aromatic nitrogens is 1. The number of anilines is 1. The van der Waals surface area contributed by atoms with Gasteiger partial charge in [0.25, 0.3) is 0 Å². The van der Waals surface area contributed by atoms with Crippen LogP contribution >= 0.6 is 36.2 Å². The zero-order chi connectivity index (χ0) is 11.5. The highest BCUT2D eigenvalue weighted by Crippen LogP contribution is 2.27. The summed E-state index contributed by atoms with van der Waals surface area (Å²) in [6.07, 6.45) is 0.970. The Morgan fingerprint density at radius 3 is 2.89 bits per heavy atom. The number of nitrogens with zero attached hydrogens (tertiary/aromatic N) is 2. The molecule has 0 saturated heterocycles. The van der Waals surface area contributed by atoms with Crippen molar-refractivity contribution in [1.82, 2.24) is 9.88 Å². The van der Waals surface area contributed by atoms with Crippen LogP contribution in [0.3, 0.4) is 0 Å². The summed E-state index contributed by atoms with van der Waals surface area (Å²) < 4.78 is 0. The number of fused-ring (bicyclic) bond motifs is 1. The highest BCUT2D eigenvalue weighted by Gasteiger charge is 2.19. The lowest BCUT2D eigenvalue weighted by atomic mass is 10.2. The standard InChI is InChI=1S/C10H16N4OS.2ClH/c1-2-14-4-3-7-8(6-14)16-10(12-7)13-9(15)5-11;;/h2-6,11H2,1H3,(H,12,13,15);2*1H. The Morgan fingerprint density at radius 2 is 2.28 bits per heavy atom. The Kier molecular flexibility index (Phi) is 7.73. The van der Waals surface area contributed by atoms with Gasteiger partial charge in [0.2, 0.25) is 5.91 Å². The van der Waals surface area contributed by atoms with Crippen molar-refractivity contribution < 1.29 is 4.79 Å². The fourth-order valence-electron chi connectivity index (χ4n) is 1.74. The van der Waals surface area contributed by atoms with Crippen LogP contribution < -0.4 is 11.1 Å². The molecule has 1 aromatic heterocycles. The number of rotatable bonds is 3. The third kappa shape index (κ3) is 4.07. The molecule has 2 rings (SSSR count). The minimum atomic E-state index is -0.182. The minimum Gasteiger partial charge on any atom is -0.322 e. The number of nitrogens with one attached hydrogen (secondary N) is 1. The Labute approximate surface area is 123 Å². The molecule has 104 valence electrons. The molecule has 5 nitrogen and oxygen atoms in total. The molecule has 0 spiro atoms. The first-order chi connectivity index (χ1) is 7.72. The average Bonchev–Trinajstić information content (AvgIpc) is 2.69. The Bertz CT molecular complexity index is 399. The van der Waals surface area contributed by atoms with Crippen molar-refractivity contribution >= 4 is 47.2 Å². The van der Waals surface area contributed by atoms with E-state index in [0.29, 0.717) is 5.13 Å². The SMILES string of the molecule is CCN1CCc2nc(NC(=O)CN)sc2C1.Cl.Cl. The normalized spacial score (nSPS) is 14.1. The molecule has 0 saturated carbocycles. The Balaban J connectivity index is 0.00000144. The first-order valence-electron chi connectivity index (χ1n) is 5.43. The molecule has 0 radical (unpaired) electrons. The van der Waals surface area contributed by atoms with Crippen molar-refractivity contribution in [3.63, 3.8) is 0 Å². The molecule has 1 aliphatic rings. The zero-order valence-electron chi connectivity index (χ0n) is 10.1. The van der Waals surface area contributed by atoms with Gasteiger partial charge >= 0.3 is 0 Å². The van der Waals surface area contributed by atoms with E-state index in [1.165, 1.54) is 4.88 Å². The van der Waals surface area contributed by atoms with E-state index in [0.717, 1.165) is 31.7 Å². The first-order valence-corrected chi connectivity index (χ1v) is 6.25. The van der Waals surface area contributed by atoms with Gasteiger partial charge < -0.3 is 11.1 Å². The topological polar surface area (TPSA) is 71.2 Å². The van der Waals surface area contributed by atoms with Gasteiger partial charge in [-0.15, -0.1) is 36.2 Å². The van der Waals surface area contributed by atoms with Gasteiger partial charge in [0.15, 0.2) is 5.13 Å². The highest BCUT2D eigenvalue weighted by atomic mass is 35.5. The quantitative estimate of drug-likeness (QED) is 0.881. The maximum atomic E-state index is 11.1. The van der Waals surface area contributed by atoms with Gasteiger partial charge in [-0.05, 0) is 6.54 Å². The average molecular weight is 313 g/mol. The lowest BCUT2D eigenvalue weighted by molar-refractivity contribution is -0.114. The molecule has 0 bridgehead atoms. The molecule has 1 amide bonds. The van der Waals surface area contributed by atoms with E-state index in [1.807, 2.05) is 0 Å². The molecule has 0 aliphatic carbocycles. The predicted octanol–water partition coefficient (Wildman–Crippen LogP) is 1.26. The van der Waals surface area contributed by atoms with Crippen molar-refractivity contribution in [1.29, 1.82) is 0 Å². The van der Waals surface area contributed by atoms with E-state index in [-0.39, 0.29) is 37.3 Å². The van der Waals surface area contributed by atoms with Crippen LogP contribution in [0, 0.1) is 0 Å². The smallest absolute Gasteiger partial charge is 0.239 e. The highest BCUT2D eigenvalue weighted by molar-refractivity contribution is 7.15. The second kappa shape index (κ2) is 7.91. The van der Waals surface area contributed by atoms with Gasteiger partial charge in [-0.25, -0.2) is 4.98 Å². The van der Waals surface area contributed by atoms with E-state index in [4.69, 9.17) is 5.73 Å². The number of likely N-dealkylation sites (N-methyl/N-ethyl adjacent to an activating group) is 1. The summed E-state index contributed by atoms with van der Waals surface area (Å²) in [5.41, 5.74) is 6.37. The van der Waals surface area contributed by atoms with Gasteiger partial charge in [-0.3, -0.25) is 9.69 Å². The molecule has 0 atom stereocenters. The van der Waals surface area contributed by atoms with E-state index in [1.54, 1.807) is 11.3 Å². The Hall–Kier alpha value is -0.400. The van der Waals surface area contributed by atoms with Gasteiger partial charge in [0, 0.05) is 24.4 Å². The van der Waals surface area contributed by atoms with E-state index in [9.17, 15) is 4.79 Å². The fraction of sp³-hybridized carbons (Fsp3) is 0.600. The van der Waals surface area contributed by atoms with Crippen LogP contribution in [0.25, 0.3) is 0 Å².